The molecule has 3 fully saturated rings. The normalized spacial score (nSPS) is 47.7. The summed E-state index contributed by atoms with van der Waals surface area (Å²) in [5, 5.41) is 101. The molecule has 1 aromatic heterocycles. The molecular formula is C18H30N4O12. The molecule has 3 aliphatic heterocycles. The minimum Gasteiger partial charge on any atom is -0.394 e. The molecule has 3 aliphatic rings. The third-order valence-electron chi connectivity index (χ3n) is 6.37. The fraction of sp³-hybridized carbons (Fsp3) is 0.889. The van der Waals surface area contributed by atoms with Crippen LogP contribution in [-0.4, -0.2) is 148 Å². The van der Waals surface area contributed by atoms with E-state index in [1.807, 2.05) is 0 Å². The van der Waals surface area contributed by atoms with Gasteiger partial charge in [-0.3, -0.25) is 0 Å². The summed E-state index contributed by atoms with van der Waals surface area (Å²) in [6, 6.07) is -0.732. The highest BCUT2D eigenvalue weighted by Gasteiger charge is 2.51. The number of rotatable bonds is 6. The summed E-state index contributed by atoms with van der Waals surface area (Å²) in [7, 11) is 0. The van der Waals surface area contributed by atoms with Crippen molar-refractivity contribution in [1.82, 2.24) is 20.3 Å². The maximum absolute atomic E-state index is 10.9. The molecule has 0 aliphatic carbocycles. The van der Waals surface area contributed by atoms with Crippen LogP contribution in [0.15, 0.2) is 6.20 Å². The lowest BCUT2D eigenvalue weighted by atomic mass is 9.96. The van der Waals surface area contributed by atoms with Gasteiger partial charge in [0.05, 0.1) is 31.6 Å². The first-order valence-corrected chi connectivity index (χ1v) is 10.8. The number of nitrogens with one attached hydrogen (secondary N) is 1. The van der Waals surface area contributed by atoms with Crippen molar-refractivity contribution in [3.8, 4) is 0 Å². The summed E-state index contributed by atoms with van der Waals surface area (Å²) in [4.78, 5) is 0. The Kier molecular flexibility index (Phi) is 7.80. The van der Waals surface area contributed by atoms with Crippen LogP contribution in [0.5, 0.6) is 0 Å². The van der Waals surface area contributed by atoms with Crippen molar-refractivity contribution in [3.05, 3.63) is 11.9 Å². The van der Waals surface area contributed by atoms with Gasteiger partial charge in [-0.05, 0) is 0 Å². The highest BCUT2D eigenvalue weighted by molar-refractivity contribution is 5.09. The standard InChI is InChI=1S/C18H30N4O12/c23-3-7-11(27)13(29)14(30)18(33-7)34-16-12(28)8(4-24)32-17(15(16)31)22-2-5(20-21-22)9-10(26)6(25)1-19-9/h2,6-19,23-31H,1,3-4H2/t6-,7?,8?,9+,10-,11-,12-,13?,14?,15?,16?,17-,18+/m1/s1. The molecule has 10 N–H and O–H groups in total. The van der Waals surface area contributed by atoms with Crippen LogP contribution in [0.1, 0.15) is 18.0 Å². The van der Waals surface area contributed by atoms with E-state index in [4.69, 9.17) is 14.2 Å². The summed E-state index contributed by atoms with van der Waals surface area (Å²) < 4.78 is 17.5. The van der Waals surface area contributed by atoms with E-state index in [0.717, 1.165) is 4.68 Å². The first-order chi connectivity index (χ1) is 16.2. The Morgan fingerprint density at radius 3 is 2.18 bits per heavy atom. The van der Waals surface area contributed by atoms with Gasteiger partial charge in [-0.25, -0.2) is 4.68 Å². The number of nitrogens with zero attached hydrogens (tertiary/aromatic N) is 3. The topological polar surface area (TPSA) is 252 Å². The fourth-order valence-electron chi connectivity index (χ4n) is 4.33. The summed E-state index contributed by atoms with van der Waals surface area (Å²) in [6.45, 7) is -1.26. The second-order valence-corrected chi connectivity index (χ2v) is 8.59. The molecule has 4 rings (SSSR count). The number of aliphatic hydroxyl groups excluding tert-OH is 9. The molecule has 0 amide bonds. The molecule has 6 unspecified atom stereocenters. The van der Waals surface area contributed by atoms with Gasteiger partial charge >= 0.3 is 0 Å². The molecule has 0 radical (unpaired) electrons. The van der Waals surface area contributed by atoms with E-state index in [1.165, 1.54) is 6.20 Å². The molecule has 0 bridgehead atoms. The van der Waals surface area contributed by atoms with Crippen LogP contribution >= 0.6 is 0 Å². The molecule has 0 saturated carbocycles. The zero-order chi connectivity index (χ0) is 24.7. The molecule has 3 saturated heterocycles. The Balaban J connectivity index is 1.54. The zero-order valence-corrected chi connectivity index (χ0v) is 17.8. The molecule has 0 aromatic carbocycles. The smallest absolute Gasteiger partial charge is 0.187 e. The van der Waals surface area contributed by atoms with E-state index in [2.05, 4.69) is 15.6 Å². The highest BCUT2D eigenvalue weighted by atomic mass is 16.7. The van der Waals surface area contributed by atoms with Gasteiger partial charge in [0, 0.05) is 6.54 Å². The average Bonchev–Trinajstić information content (AvgIpc) is 3.43. The Bertz CT molecular complexity index is 816. The maximum atomic E-state index is 10.9. The Labute approximate surface area is 192 Å². The summed E-state index contributed by atoms with van der Waals surface area (Å²) in [5.41, 5.74) is 0.234. The number of hydrogen-bond donors (Lipinski definition) is 10. The number of aromatic nitrogens is 3. The molecule has 1 aromatic rings. The SMILES string of the molecule is OCC1O[C@@H](OC2C(O)[C@H](n3cc([C@@H]4NC[C@@H](O)[C@H]4O)nn3)OC(CO)[C@H]2O)C(O)C(O)[C@@H]1O. The van der Waals surface area contributed by atoms with Crippen molar-refractivity contribution >= 4 is 0 Å². The third-order valence-corrected chi connectivity index (χ3v) is 6.37. The van der Waals surface area contributed by atoms with Gasteiger partial charge in [0.2, 0.25) is 0 Å². The van der Waals surface area contributed by atoms with Crippen LogP contribution in [0.3, 0.4) is 0 Å². The fourth-order valence-corrected chi connectivity index (χ4v) is 4.33. The van der Waals surface area contributed by atoms with Gasteiger partial charge < -0.3 is 65.5 Å². The van der Waals surface area contributed by atoms with Gasteiger partial charge in [0.25, 0.3) is 0 Å². The lowest BCUT2D eigenvalue weighted by Gasteiger charge is -2.45. The number of aliphatic hydroxyl groups is 9. The van der Waals surface area contributed by atoms with Crippen LogP contribution in [0.25, 0.3) is 0 Å². The maximum Gasteiger partial charge on any atom is 0.187 e. The van der Waals surface area contributed by atoms with Gasteiger partial charge in [-0.1, -0.05) is 5.21 Å². The predicted octanol–water partition coefficient (Wildman–Crippen LogP) is -6.56. The number of β-amino-alcohol motifs (C(OH)–C–C–N with tert-alkyl or cyclic N) is 1. The van der Waals surface area contributed by atoms with Crippen molar-refractivity contribution in [1.29, 1.82) is 0 Å². The molecule has 13 atom stereocenters. The van der Waals surface area contributed by atoms with Crippen LogP contribution in [-0.2, 0) is 14.2 Å². The summed E-state index contributed by atoms with van der Waals surface area (Å²) in [5.74, 6) is 0. The Morgan fingerprint density at radius 1 is 0.882 bits per heavy atom. The van der Waals surface area contributed by atoms with Crippen LogP contribution in [0, 0.1) is 0 Å². The molecule has 34 heavy (non-hydrogen) atoms. The predicted molar refractivity (Wildman–Crippen MR) is 104 cm³/mol. The summed E-state index contributed by atoms with van der Waals surface area (Å²) >= 11 is 0. The third kappa shape index (κ3) is 4.58. The van der Waals surface area contributed by atoms with E-state index < -0.39 is 92.8 Å². The Hall–Kier alpha value is -1.38. The van der Waals surface area contributed by atoms with Crippen LogP contribution in [0.4, 0.5) is 0 Å². The quantitative estimate of drug-likeness (QED) is 0.176. The van der Waals surface area contributed by atoms with Gasteiger partial charge in [-0.2, -0.15) is 0 Å². The van der Waals surface area contributed by atoms with E-state index in [9.17, 15) is 46.0 Å². The average molecular weight is 494 g/mol. The van der Waals surface area contributed by atoms with Crippen molar-refractivity contribution < 1.29 is 60.2 Å². The first kappa shape index (κ1) is 25.7. The van der Waals surface area contributed by atoms with Crippen molar-refractivity contribution in [2.45, 2.75) is 79.6 Å². The van der Waals surface area contributed by atoms with Gasteiger partial charge in [0.1, 0.15) is 60.6 Å². The van der Waals surface area contributed by atoms with Crippen LogP contribution in [0.2, 0.25) is 0 Å². The molecule has 0 spiro atoms. The number of ether oxygens (including phenoxy) is 3. The van der Waals surface area contributed by atoms with Crippen molar-refractivity contribution in [2.24, 2.45) is 0 Å². The summed E-state index contributed by atoms with van der Waals surface area (Å²) in [6.07, 6.45) is -16.3. The lowest BCUT2D eigenvalue weighted by Crippen LogP contribution is -2.63. The monoisotopic (exact) mass is 494 g/mol. The molecule has 16 nitrogen and oxygen atoms in total. The highest BCUT2D eigenvalue weighted by Crippen LogP contribution is 2.33. The second-order valence-electron chi connectivity index (χ2n) is 8.59. The molecule has 194 valence electrons. The Morgan fingerprint density at radius 2 is 1.56 bits per heavy atom. The van der Waals surface area contributed by atoms with Crippen molar-refractivity contribution in [2.75, 3.05) is 19.8 Å². The zero-order valence-electron chi connectivity index (χ0n) is 17.8. The van der Waals surface area contributed by atoms with E-state index in [1.54, 1.807) is 0 Å². The first-order valence-electron chi connectivity index (χ1n) is 10.8. The minimum atomic E-state index is -1.79. The molecular weight excluding hydrogens is 464 g/mol. The van der Waals surface area contributed by atoms with Crippen LogP contribution < -0.4 is 5.32 Å². The van der Waals surface area contributed by atoms with Crippen molar-refractivity contribution in [3.63, 3.8) is 0 Å². The second kappa shape index (κ2) is 10.3. The lowest BCUT2D eigenvalue weighted by molar-refractivity contribution is -0.347. The number of hydrogen-bond acceptors (Lipinski definition) is 15. The molecule has 16 heteroatoms. The van der Waals surface area contributed by atoms with Gasteiger partial charge in [-0.15, -0.1) is 5.10 Å². The minimum absolute atomic E-state index is 0.134. The van der Waals surface area contributed by atoms with E-state index in [0.29, 0.717) is 0 Å². The van der Waals surface area contributed by atoms with Gasteiger partial charge in [0.15, 0.2) is 12.5 Å². The molecule has 4 heterocycles. The largest absolute Gasteiger partial charge is 0.394 e. The van der Waals surface area contributed by atoms with E-state index >= 15 is 0 Å². The van der Waals surface area contributed by atoms with E-state index in [-0.39, 0.29) is 12.2 Å².